The second kappa shape index (κ2) is 7.16. The number of hydrogen-bond donors (Lipinski definition) is 1. The number of carbonyl (C=O) groups is 1. The van der Waals surface area contributed by atoms with Crippen LogP contribution in [0.3, 0.4) is 0 Å². The van der Waals surface area contributed by atoms with Gasteiger partial charge in [-0.15, -0.1) is 11.3 Å². The van der Waals surface area contributed by atoms with E-state index in [0.29, 0.717) is 5.92 Å². The van der Waals surface area contributed by atoms with Gasteiger partial charge in [-0.1, -0.05) is 30.2 Å². The molecule has 0 saturated carbocycles. The minimum absolute atomic E-state index is 0.00307. The molecule has 1 aliphatic rings. The van der Waals surface area contributed by atoms with Gasteiger partial charge in [-0.2, -0.15) is 0 Å². The van der Waals surface area contributed by atoms with Crippen molar-refractivity contribution in [2.45, 2.75) is 25.2 Å². The van der Waals surface area contributed by atoms with Gasteiger partial charge >= 0.3 is 6.03 Å². The molecule has 1 aliphatic heterocycles. The highest BCUT2D eigenvalue weighted by Crippen LogP contribution is 2.28. The molecule has 5 heteroatoms. The summed E-state index contributed by atoms with van der Waals surface area (Å²) in [5.41, 5.74) is 1.26. The third-order valence-electron chi connectivity index (χ3n) is 4.05. The zero-order chi connectivity index (χ0) is 15.4. The summed E-state index contributed by atoms with van der Waals surface area (Å²) in [5.74, 6) is 0.383. The molecule has 0 bridgehead atoms. The fourth-order valence-electron chi connectivity index (χ4n) is 2.87. The monoisotopic (exact) mass is 334 g/mol. The molecule has 0 spiro atoms. The molecule has 1 aromatic heterocycles. The third-order valence-corrected chi connectivity index (χ3v) is 5.09. The number of nitrogens with one attached hydrogen (secondary N) is 1. The second-order valence-corrected chi connectivity index (χ2v) is 6.98. The number of anilines is 1. The summed E-state index contributed by atoms with van der Waals surface area (Å²) in [7, 11) is 0. The molecule has 1 atom stereocenters. The number of likely N-dealkylation sites (tertiary alicyclic amines) is 1. The third kappa shape index (κ3) is 3.81. The quantitative estimate of drug-likeness (QED) is 0.804. The van der Waals surface area contributed by atoms with Gasteiger partial charge < -0.3 is 4.90 Å². The summed E-state index contributed by atoms with van der Waals surface area (Å²) >= 11 is 7.51. The molecule has 0 aliphatic carbocycles. The topological polar surface area (TPSA) is 32.3 Å². The van der Waals surface area contributed by atoms with Crippen LogP contribution in [0.1, 0.15) is 30.7 Å². The Bertz CT molecular complexity index is 612. The van der Waals surface area contributed by atoms with E-state index in [0.717, 1.165) is 42.4 Å². The summed E-state index contributed by atoms with van der Waals surface area (Å²) in [6.45, 7) is 1.58. The Morgan fingerprint density at radius 1 is 1.23 bits per heavy atom. The number of amides is 2. The van der Waals surface area contributed by atoms with Gasteiger partial charge in [-0.05, 0) is 48.1 Å². The highest BCUT2D eigenvalue weighted by atomic mass is 35.5. The molecule has 1 saturated heterocycles. The first kappa shape index (κ1) is 15.4. The number of urea groups is 1. The lowest BCUT2D eigenvalue weighted by Gasteiger charge is -2.25. The van der Waals surface area contributed by atoms with Gasteiger partial charge in [0.15, 0.2) is 0 Å². The SMILES string of the molecule is O=C(Nc1cccs1)N1CCCCC(c2ccc(Cl)cc2)C1. The molecule has 1 N–H and O–H groups in total. The van der Waals surface area contributed by atoms with Crippen LogP contribution < -0.4 is 5.32 Å². The normalized spacial score (nSPS) is 18.8. The zero-order valence-corrected chi connectivity index (χ0v) is 13.9. The van der Waals surface area contributed by atoms with E-state index in [1.807, 2.05) is 34.5 Å². The summed E-state index contributed by atoms with van der Waals surface area (Å²) in [5, 5.41) is 6.61. The van der Waals surface area contributed by atoms with Crippen molar-refractivity contribution in [2.75, 3.05) is 18.4 Å². The average molecular weight is 335 g/mol. The number of nitrogens with zero attached hydrogens (tertiary/aromatic N) is 1. The van der Waals surface area contributed by atoms with Gasteiger partial charge in [0.1, 0.15) is 0 Å². The molecule has 2 amide bonds. The van der Waals surface area contributed by atoms with Crippen molar-refractivity contribution in [3.05, 3.63) is 52.4 Å². The largest absolute Gasteiger partial charge is 0.324 e. The first-order chi connectivity index (χ1) is 10.7. The lowest BCUT2D eigenvalue weighted by molar-refractivity contribution is 0.211. The Balaban J connectivity index is 1.69. The standard InChI is InChI=1S/C17H19ClN2OS/c18-15-8-6-13(7-9-15)14-4-1-2-10-20(12-14)17(21)19-16-5-3-11-22-16/h3,5-9,11,14H,1-2,4,10,12H2,(H,19,21). The number of thiophene rings is 1. The van der Waals surface area contributed by atoms with Crippen LogP contribution in [0.4, 0.5) is 9.80 Å². The Kier molecular flexibility index (Phi) is 5.01. The first-order valence-electron chi connectivity index (χ1n) is 7.57. The molecule has 116 valence electrons. The molecule has 22 heavy (non-hydrogen) atoms. The van der Waals surface area contributed by atoms with Crippen LogP contribution in [0.5, 0.6) is 0 Å². The molecule has 3 rings (SSSR count). The fraction of sp³-hybridized carbons (Fsp3) is 0.353. The second-order valence-electron chi connectivity index (χ2n) is 5.60. The van der Waals surface area contributed by atoms with E-state index < -0.39 is 0 Å². The molecule has 1 aromatic carbocycles. The first-order valence-corrected chi connectivity index (χ1v) is 8.83. The highest BCUT2D eigenvalue weighted by molar-refractivity contribution is 7.14. The van der Waals surface area contributed by atoms with E-state index in [-0.39, 0.29) is 6.03 Å². The Morgan fingerprint density at radius 3 is 2.77 bits per heavy atom. The van der Waals surface area contributed by atoms with E-state index in [2.05, 4.69) is 17.4 Å². The van der Waals surface area contributed by atoms with Gasteiger partial charge in [0, 0.05) is 24.0 Å². The van der Waals surface area contributed by atoms with Gasteiger partial charge in [0.05, 0.1) is 5.00 Å². The minimum Gasteiger partial charge on any atom is -0.324 e. The van der Waals surface area contributed by atoms with Crippen molar-refractivity contribution in [3.63, 3.8) is 0 Å². The van der Waals surface area contributed by atoms with Crippen molar-refractivity contribution in [1.82, 2.24) is 4.90 Å². The van der Waals surface area contributed by atoms with Crippen LogP contribution in [0.25, 0.3) is 0 Å². The fourth-order valence-corrected chi connectivity index (χ4v) is 3.60. The predicted octanol–water partition coefficient (Wildman–Crippen LogP) is 5.20. The smallest absolute Gasteiger partial charge is 0.322 e. The van der Waals surface area contributed by atoms with Crippen molar-refractivity contribution in [1.29, 1.82) is 0 Å². The number of carbonyl (C=O) groups excluding carboxylic acids is 1. The van der Waals surface area contributed by atoms with Crippen LogP contribution in [0.2, 0.25) is 5.02 Å². The number of rotatable bonds is 2. The van der Waals surface area contributed by atoms with Crippen molar-refractivity contribution < 1.29 is 4.79 Å². The molecular formula is C17H19ClN2OS. The van der Waals surface area contributed by atoms with Gasteiger partial charge in [-0.25, -0.2) is 4.79 Å². The van der Waals surface area contributed by atoms with Crippen molar-refractivity contribution in [2.24, 2.45) is 0 Å². The lowest BCUT2D eigenvalue weighted by Crippen LogP contribution is -2.37. The van der Waals surface area contributed by atoms with E-state index >= 15 is 0 Å². The zero-order valence-electron chi connectivity index (χ0n) is 12.3. The van der Waals surface area contributed by atoms with Crippen molar-refractivity contribution >= 4 is 34.0 Å². The van der Waals surface area contributed by atoms with Crippen LogP contribution in [0, 0.1) is 0 Å². The summed E-state index contributed by atoms with van der Waals surface area (Å²) in [6, 6.07) is 11.9. The van der Waals surface area contributed by atoms with Gasteiger partial charge in [0.2, 0.25) is 0 Å². The van der Waals surface area contributed by atoms with E-state index in [4.69, 9.17) is 11.6 Å². The lowest BCUT2D eigenvalue weighted by atomic mass is 9.94. The number of hydrogen-bond acceptors (Lipinski definition) is 2. The van der Waals surface area contributed by atoms with Gasteiger partial charge in [-0.3, -0.25) is 5.32 Å². The van der Waals surface area contributed by atoms with E-state index in [9.17, 15) is 4.79 Å². The summed E-state index contributed by atoms with van der Waals surface area (Å²) in [6.07, 6.45) is 3.32. The maximum atomic E-state index is 12.4. The minimum atomic E-state index is 0.00307. The molecule has 2 heterocycles. The summed E-state index contributed by atoms with van der Waals surface area (Å²) in [4.78, 5) is 14.4. The molecule has 1 unspecified atom stereocenters. The van der Waals surface area contributed by atoms with Crippen LogP contribution in [-0.2, 0) is 0 Å². The van der Waals surface area contributed by atoms with Crippen LogP contribution >= 0.6 is 22.9 Å². The highest BCUT2D eigenvalue weighted by Gasteiger charge is 2.23. The molecule has 0 radical (unpaired) electrons. The molecule has 3 nitrogen and oxygen atoms in total. The number of benzene rings is 1. The molecule has 1 fully saturated rings. The van der Waals surface area contributed by atoms with Gasteiger partial charge in [0.25, 0.3) is 0 Å². The molecule has 2 aromatic rings. The number of halogens is 1. The van der Waals surface area contributed by atoms with Crippen LogP contribution in [-0.4, -0.2) is 24.0 Å². The predicted molar refractivity (Wildman–Crippen MR) is 93.0 cm³/mol. The Morgan fingerprint density at radius 2 is 2.05 bits per heavy atom. The maximum absolute atomic E-state index is 12.4. The maximum Gasteiger partial charge on any atom is 0.322 e. The summed E-state index contributed by atoms with van der Waals surface area (Å²) < 4.78 is 0. The Labute approximate surface area is 139 Å². The van der Waals surface area contributed by atoms with Crippen LogP contribution in [0.15, 0.2) is 41.8 Å². The van der Waals surface area contributed by atoms with Crippen molar-refractivity contribution in [3.8, 4) is 0 Å². The van der Waals surface area contributed by atoms with E-state index in [1.54, 1.807) is 11.3 Å². The Hall–Kier alpha value is -1.52. The molecular weight excluding hydrogens is 316 g/mol. The average Bonchev–Trinajstić information content (AvgIpc) is 2.90. The van der Waals surface area contributed by atoms with E-state index in [1.165, 1.54) is 5.56 Å².